The van der Waals surface area contributed by atoms with Gasteiger partial charge in [0.1, 0.15) is 17.0 Å². The molecule has 0 aliphatic carbocycles. The molecule has 1 aromatic carbocycles. The van der Waals surface area contributed by atoms with Crippen molar-refractivity contribution in [2.75, 3.05) is 11.9 Å². The maximum absolute atomic E-state index is 12.9. The first kappa shape index (κ1) is 19.6. The second-order valence-corrected chi connectivity index (χ2v) is 7.33. The van der Waals surface area contributed by atoms with Gasteiger partial charge in [-0.15, -0.1) is 5.10 Å². The first-order valence-corrected chi connectivity index (χ1v) is 10.2. The van der Waals surface area contributed by atoms with Crippen LogP contribution in [0.25, 0.3) is 16.8 Å². The minimum atomic E-state index is -0.423. The van der Waals surface area contributed by atoms with Gasteiger partial charge in [-0.3, -0.25) is 9.59 Å². The molecule has 168 valence electrons. The van der Waals surface area contributed by atoms with Crippen molar-refractivity contribution in [1.82, 2.24) is 40.1 Å². The number of nitrogens with one attached hydrogen (secondary N) is 2. The Hall–Kier alpha value is -5.07. The number of pyridine rings is 1. The highest BCUT2D eigenvalue weighted by Crippen LogP contribution is 2.28. The van der Waals surface area contributed by atoms with Crippen molar-refractivity contribution >= 4 is 34.3 Å². The number of ether oxygens (including phenoxy) is 1. The number of carbonyl (C=O) groups excluding carboxylic acids is 2. The van der Waals surface area contributed by atoms with E-state index in [1.54, 1.807) is 36.5 Å². The van der Waals surface area contributed by atoms with E-state index in [2.05, 4.69) is 36.0 Å². The highest BCUT2D eigenvalue weighted by atomic mass is 16.7. The highest BCUT2D eigenvalue weighted by Gasteiger charge is 2.18. The van der Waals surface area contributed by atoms with E-state index in [0.29, 0.717) is 28.2 Å². The molecule has 0 spiro atoms. The summed E-state index contributed by atoms with van der Waals surface area (Å²) in [5, 5.41) is 17.7. The van der Waals surface area contributed by atoms with Crippen LogP contribution in [0.4, 0.5) is 5.69 Å². The molecule has 5 aromatic rings. The lowest BCUT2D eigenvalue weighted by Gasteiger charge is -2.18. The maximum Gasteiger partial charge on any atom is 0.270 e. The van der Waals surface area contributed by atoms with Gasteiger partial charge >= 0.3 is 0 Å². The van der Waals surface area contributed by atoms with E-state index >= 15 is 0 Å². The van der Waals surface area contributed by atoms with Gasteiger partial charge in [-0.25, -0.2) is 9.97 Å². The summed E-state index contributed by atoms with van der Waals surface area (Å²) in [5.41, 5.74) is 2.83. The third-order valence-electron chi connectivity index (χ3n) is 5.05. The zero-order valence-electron chi connectivity index (χ0n) is 17.4. The van der Waals surface area contributed by atoms with Crippen LogP contribution in [0.15, 0.2) is 54.9 Å². The van der Waals surface area contributed by atoms with Gasteiger partial charge in [-0.1, -0.05) is 10.9 Å². The summed E-state index contributed by atoms with van der Waals surface area (Å²) in [7, 11) is 0. The molecule has 0 saturated heterocycles. The van der Waals surface area contributed by atoms with E-state index in [1.165, 1.54) is 16.8 Å². The molecular weight excluding hydrogens is 442 g/mol. The minimum absolute atomic E-state index is 0.0172. The molecule has 0 unspecified atom stereocenters. The molecule has 13 nitrogen and oxygen atoms in total. The molecule has 2 N–H and O–H groups in total. The van der Waals surface area contributed by atoms with Crippen LogP contribution in [0.3, 0.4) is 0 Å². The number of anilines is 1. The van der Waals surface area contributed by atoms with E-state index < -0.39 is 5.91 Å². The molecule has 4 aromatic heterocycles. The topological polar surface area (TPSA) is 150 Å². The number of benzene rings is 1. The molecule has 0 saturated carbocycles. The number of hydrogen-bond donors (Lipinski definition) is 2. The number of nitrogens with zero attached hydrogens (tertiary/aromatic N) is 7. The van der Waals surface area contributed by atoms with E-state index in [9.17, 15) is 9.59 Å². The van der Waals surface area contributed by atoms with Crippen molar-refractivity contribution < 1.29 is 19.2 Å². The van der Waals surface area contributed by atoms with Crippen molar-refractivity contribution in [3.8, 4) is 11.6 Å². The van der Waals surface area contributed by atoms with E-state index in [4.69, 9.17) is 9.57 Å². The average molecular weight is 457 g/mol. The van der Waals surface area contributed by atoms with Crippen molar-refractivity contribution in [1.29, 1.82) is 0 Å². The fourth-order valence-electron chi connectivity index (χ4n) is 3.47. The third-order valence-corrected chi connectivity index (χ3v) is 5.05. The lowest BCUT2D eigenvalue weighted by molar-refractivity contribution is -0.118. The van der Waals surface area contributed by atoms with Crippen molar-refractivity contribution in [3.05, 3.63) is 66.1 Å². The van der Waals surface area contributed by atoms with Crippen LogP contribution < -0.4 is 20.2 Å². The lowest BCUT2D eigenvalue weighted by atomic mass is 10.1. The minimum Gasteiger partial charge on any atom is -0.482 e. The van der Waals surface area contributed by atoms with Gasteiger partial charge in [0.2, 0.25) is 5.65 Å². The molecule has 5 heterocycles. The zero-order chi connectivity index (χ0) is 23.1. The van der Waals surface area contributed by atoms with Crippen molar-refractivity contribution in [3.63, 3.8) is 0 Å². The van der Waals surface area contributed by atoms with E-state index in [1.807, 2.05) is 6.07 Å². The summed E-state index contributed by atoms with van der Waals surface area (Å²) in [5.74, 6) is 0.133. The van der Waals surface area contributed by atoms with Crippen LogP contribution in [0.5, 0.6) is 11.6 Å². The van der Waals surface area contributed by atoms with Crippen LogP contribution in [-0.4, -0.2) is 53.2 Å². The standard InChI is InChI=1S/C21H15N9O4/c31-18-11-33-16-4-3-12(8-14(16)26-18)10-23-21(32)15-9-19(29-17(25-15)5-7-24-29)34-30-20-13(27-28-30)2-1-6-22-20/h1-9H,10-11H2,(H,23,32)(H,26,31). The number of fused-ring (bicyclic) bond motifs is 3. The van der Waals surface area contributed by atoms with Gasteiger partial charge in [-0.05, 0) is 35.0 Å². The summed E-state index contributed by atoms with van der Waals surface area (Å²) in [6.45, 7) is 0.193. The predicted octanol–water partition coefficient (Wildman–Crippen LogP) is 0.972. The molecule has 0 bridgehead atoms. The molecule has 34 heavy (non-hydrogen) atoms. The normalized spacial score (nSPS) is 12.8. The Morgan fingerprint density at radius 2 is 2.15 bits per heavy atom. The van der Waals surface area contributed by atoms with E-state index in [-0.39, 0.29) is 30.6 Å². The molecule has 1 aliphatic heterocycles. The van der Waals surface area contributed by atoms with Gasteiger partial charge in [-0.2, -0.15) is 9.61 Å². The van der Waals surface area contributed by atoms with Gasteiger partial charge < -0.3 is 20.2 Å². The third kappa shape index (κ3) is 3.50. The number of carbonyl (C=O) groups is 2. The van der Waals surface area contributed by atoms with Gasteiger partial charge in [0.25, 0.3) is 17.7 Å². The molecule has 0 atom stereocenters. The summed E-state index contributed by atoms with van der Waals surface area (Å²) in [6, 6.07) is 11.9. The van der Waals surface area contributed by atoms with Crippen molar-refractivity contribution in [2.24, 2.45) is 0 Å². The number of amides is 2. The highest BCUT2D eigenvalue weighted by molar-refractivity contribution is 5.95. The Morgan fingerprint density at radius 1 is 1.21 bits per heavy atom. The summed E-state index contributed by atoms with van der Waals surface area (Å²) in [6.07, 6.45) is 3.14. The quantitative estimate of drug-likeness (QED) is 0.393. The largest absolute Gasteiger partial charge is 0.482 e. The fraction of sp³-hybridized carbons (Fsp3) is 0.0952. The number of rotatable bonds is 5. The zero-order valence-corrected chi connectivity index (χ0v) is 17.4. The SMILES string of the molecule is O=C1COc2ccc(CNC(=O)c3cc(On4nnc5cccnc54)n4nccc4n3)cc2N1. The number of hydrogen-bond acceptors (Lipinski definition) is 9. The Labute approximate surface area is 190 Å². The van der Waals surface area contributed by atoms with Gasteiger partial charge in [0.15, 0.2) is 12.3 Å². The average Bonchev–Trinajstić information content (AvgIpc) is 3.49. The molecular formula is C21H15N9O4. The number of aromatic nitrogens is 7. The Morgan fingerprint density at radius 3 is 3.09 bits per heavy atom. The maximum atomic E-state index is 12.9. The summed E-state index contributed by atoms with van der Waals surface area (Å²) >= 11 is 0. The van der Waals surface area contributed by atoms with Gasteiger partial charge in [0, 0.05) is 24.9 Å². The summed E-state index contributed by atoms with van der Waals surface area (Å²) < 4.78 is 6.78. The molecule has 13 heteroatoms. The Kier molecular flexibility index (Phi) is 4.50. The second-order valence-electron chi connectivity index (χ2n) is 7.33. The molecule has 2 amide bonds. The van der Waals surface area contributed by atoms with Crippen LogP contribution in [-0.2, 0) is 11.3 Å². The monoisotopic (exact) mass is 457 g/mol. The van der Waals surface area contributed by atoms with Crippen molar-refractivity contribution in [2.45, 2.75) is 6.54 Å². The molecule has 6 rings (SSSR count). The van der Waals surface area contributed by atoms with Crippen LogP contribution >= 0.6 is 0 Å². The summed E-state index contributed by atoms with van der Waals surface area (Å²) in [4.78, 5) is 40.0. The Bertz CT molecular complexity index is 1580. The fourth-order valence-corrected chi connectivity index (χ4v) is 3.47. The lowest BCUT2D eigenvalue weighted by Crippen LogP contribution is -2.26. The molecule has 0 radical (unpaired) electrons. The van der Waals surface area contributed by atoms with Gasteiger partial charge in [0.05, 0.1) is 11.9 Å². The molecule has 0 fully saturated rings. The van der Waals surface area contributed by atoms with Crippen LogP contribution in [0.2, 0.25) is 0 Å². The second kappa shape index (κ2) is 7.81. The molecule has 1 aliphatic rings. The smallest absolute Gasteiger partial charge is 0.270 e. The van der Waals surface area contributed by atoms with E-state index in [0.717, 1.165) is 10.4 Å². The first-order chi connectivity index (χ1) is 16.6. The van der Waals surface area contributed by atoms with Crippen LogP contribution in [0.1, 0.15) is 16.1 Å². The predicted molar refractivity (Wildman–Crippen MR) is 116 cm³/mol. The Balaban J connectivity index is 1.25. The first-order valence-electron chi connectivity index (χ1n) is 10.2. The van der Waals surface area contributed by atoms with Crippen LogP contribution in [0, 0.1) is 0 Å².